The van der Waals surface area contributed by atoms with Gasteiger partial charge in [0, 0.05) is 25.4 Å². The molecular formula is C33H38N2O6. The molecule has 4 heterocycles. The Morgan fingerprint density at radius 3 is 2.56 bits per heavy atom. The van der Waals surface area contributed by atoms with Crippen LogP contribution >= 0.6 is 0 Å². The van der Waals surface area contributed by atoms with E-state index in [-0.39, 0.29) is 25.0 Å². The molecule has 2 amide bonds. The Hall–Kier alpha value is -3.49. The predicted molar refractivity (Wildman–Crippen MR) is 155 cm³/mol. The lowest BCUT2D eigenvalue weighted by molar-refractivity contribution is -0.158. The van der Waals surface area contributed by atoms with Crippen LogP contribution in [0.3, 0.4) is 0 Å². The van der Waals surface area contributed by atoms with Gasteiger partial charge in [-0.2, -0.15) is 0 Å². The number of ether oxygens (including phenoxy) is 2. The molecule has 8 heteroatoms. The van der Waals surface area contributed by atoms with Crippen molar-refractivity contribution < 1.29 is 29.0 Å². The number of anilines is 1. The molecule has 2 saturated heterocycles. The number of likely N-dealkylation sites (tertiary alicyclic amines) is 1. The van der Waals surface area contributed by atoms with Crippen LogP contribution in [0.1, 0.15) is 45.4 Å². The molecule has 4 aliphatic heterocycles. The van der Waals surface area contributed by atoms with Crippen molar-refractivity contribution in [2.45, 2.75) is 62.7 Å². The SMILES string of the molecule is C[C@@]12/C=C\CCCOC(=O)[C@@H]1[C@H]1C(=O)N(CCCCCCO)C3C(=O)N(c4ccc5ccccc5c4)CC=C[C@@]31O2. The van der Waals surface area contributed by atoms with Gasteiger partial charge in [-0.15, -0.1) is 0 Å². The maximum atomic E-state index is 14.6. The van der Waals surface area contributed by atoms with Crippen LogP contribution in [-0.4, -0.2) is 71.3 Å². The minimum Gasteiger partial charge on any atom is -0.465 e. The average Bonchev–Trinajstić information content (AvgIpc) is 3.31. The van der Waals surface area contributed by atoms with E-state index in [2.05, 4.69) is 0 Å². The summed E-state index contributed by atoms with van der Waals surface area (Å²) in [5.41, 5.74) is -1.64. The number of benzene rings is 2. The number of carbonyl (C=O) groups is 3. The Labute approximate surface area is 240 Å². The number of unbranched alkanes of at least 4 members (excludes halogenated alkanes) is 3. The lowest BCUT2D eigenvalue weighted by Gasteiger charge is -2.37. The molecule has 1 spiro atoms. The second kappa shape index (κ2) is 11.1. The van der Waals surface area contributed by atoms with Gasteiger partial charge in [-0.05, 0) is 55.5 Å². The molecule has 5 atom stereocenters. The van der Waals surface area contributed by atoms with E-state index in [1.165, 1.54) is 0 Å². The van der Waals surface area contributed by atoms with Crippen LogP contribution in [0.2, 0.25) is 0 Å². The lowest BCUT2D eigenvalue weighted by atomic mass is 9.74. The van der Waals surface area contributed by atoms with Crippen LogP contribution < -0.4 is 4.90 Å². The molecule has 1 N–H and O–H groups in total. The van der Waals surface area contributed by atoms with Gasteiger partial charge in [-0.25, -0.2) is 0 Å². The molecule has 41 heavy (non-hydrogen) atoms. The van der Waals surface area contributed by atoms with Gasteiger partial charge in [0.1, 0.15) is 17.6 Å². The average molecular weight is 559 g/mol. The summed E-state index contributed by atoms with van der Waals surface area (Å²) in [6.07, 6.45) is 12.1. The van der Waals surface area contributed by atoms with Gasteiger partial charge in [0.25, 0.3) is 5.91 Å². The quantitative estimate of drug-likeness (QED) is 0.312. The molecule has 4 aliphatic rings. The zero-order valence-electron chi connectivity index (χ0n) is 23.5. The van der Waals surface area contributed by atoms with Crippen molar-refractivity contribution >= 4 is 34.2 Å². The van der Waals surface area contributed by atoms with Crippen LogP contribution in [0.5, 0.6) is 0 Å². The second-order valence-electron chi connectivity index (χ2n) is 11.8. The van der Waals surface area contributed by atoms with Crippen LogP contribution in [0, 0.1) is 11.8 Å². The number of hydrogen-bond acceptors (Lipinski definition) is 6. The minimum absolute atomic E-state index is 0.129. The third-order valence-electron chi connectivity index (χ3n) is 9.10. The number of aliphatic hydroxyl groups excluding tert-OH is 1. The van der Waals surface area contributed by atoms with Gasteiger partial charge in [-0.3, -0.25) is 14.4 Å². The first-order valence-electron chi connectivity index (χ1n) is 14.8. The summed E-state index contributed by atoms with van der Waals surface area (Å²) < 4.78 is 12.5. The van der Waals surface area contributed by atoms with Gasteiger partial charge in [-0.1, -0.05) is 67.5 Å². The highest BCUT2D eigenvalue weighted by molar-refractivity contribution is 6.06. The smallest absolute Gasteiger partial charge is 0.313 e. The largest absolute Gasteiger partial charge is 0.465 e. The maximum Gasteiger partial charge on any atom is 0.313 e. The van der Waals surface area contributed by atoms with Gasteiger partial charge < -0.3 is 24.4 Å². The summed E-state index contributed by atoms with van der Waals surface area (Å²) >= 11 is 0. The van der Waals surface area contributed by atoms with E-state index in [1.807, 2.05) is 73.7 Å². The molecule has 1 unspecified atom stereocenters. The number of carbonyl (C=O) groups excluding carboxylic acids is 3. The summed E-state index contributed by atoms with van der Waals surface area (Å²) in [4.78, 5) is 45.9. The molecule has 0 radical (unpaired) electrons. The summed E-state index contributed by atoms with van der Waals surface area (Å²) in [5.74, 6) is -2.65. The third-order valence-corrected chi connectivity index (χ3v) is 9.10. The van der Waals surface area contributed by atoms with Crippen LogP contribution in [-0.2, 0) is 23.9 Å². The van der Waals surface area contributed by atoms with Gasteiger partial charge >= 0.3 is 5.97 Å². The monoisotopic (exact) mass is 558 g/mol. The number of nitrogens with zero attached hydrogens (tertiary/aromatic N) is 2. The normalized spacial score (nSPS) is 32.0. The van der Waals surface area contributed by atoms with E-state index < -0.39 is 35.0 Å². The highest BCUT2D eigenvalue weighted by atomic mass is 16.6. The van der Waals surface area contributed by atoms with Crippen molar-refractivity contribution in [3.05, 3.63) is 66.8 Å². The standard InChI is InChI=1S/C33H38N2O6/c1-32-16-7-4-10-21-40-31(39)27(32)26-29(37)35(18-8-2-3-9-20-36)28-30(38)34(19-11-17-33(26,28)41-32)25-15-14-23-12-5-6-13-24(23)22-25/h5-7,11-17,22,26-28,36H,2-4,8-10,18-21H2,1H3/b16-7-/t26-,27-,28?,32+,33-/m0/s1. The molecular weight excluding hydrogens is 520 g/mol. The Morgan fingerprint density at radius 2 is 1.73 bits per heavy atom. The van der Waals surface area contributed by atoms with Crippen molar-refractivity contribution in [3.8, 4) is 0 Å². The van der Waals surface area contributed by atoms with Crippen molar-refractivity contribution in [2.75, 3.05) is 31.2 Å². The van der Waals surface area contributed by atoms with Crippen LogP contribution in [0.25, 0.3) is 10.8 Å². The van der Waals surface area contributed by atoms with Crippen LogP contribution in [0.15, 0.2) is 66.8 Å². The molecule has 0 aliphatic carbocycles. The number of cyclic esters (lactones) is 1. The van der Waals surface area contributed by atoms with E-state index in [9.17, 15) is 19.5 Å². The number of esters is 1. The lowest BCUT2D eigenvalue weighted by Crippen LogP contribution is -2.56. The molecule has 2 fully saturated rings. The number of amides is 2. The molecule has 2 aromatic rings. The second-order valence-corrected chi connectivity index (χ2v) is 11.8. The first kappa shape index (κ1) is 27.7. The molecule has 0 saturated carbocycles. The minimum atomic E-state index is -1.30. The molecule has 216 valence electrons. The van der Waals surface area contributed by atoms with Crippen molar-refractivity contribution in [1.29, 1.82) is 0 Å². The topological polar surface area (TPSA) is 96.4 Å². The first-order chi connectivity index (χ1) is 19.9. The first-order valence-corrected chi connectivity index (χ1v) is 14.8. The van der Waals surface area contributed by atoms with E-state index in [0.717, 1.165) is 35.7 Å². The summed E-state index contributed by atoms with van der Waals surface area (Å²) in [7, 11) is 0. The van der Waals surface area contributed by atoms with Gasteiger partial charge in [0.2, 0.25) is 5.91 Å². The zero-order valence-corrected chi connectivity index (χ0v) is 23.5. The number of fused-ring (bicyclic) bond motifs is 3. The molecule has 0 bridgehead atoms. The summed E-state index contributed by atoms with van der Waals surface area (Å²) in [6, 6.07) is 13.0. The fourth-order valence-electron chi connectivity index (χ4n) is 7.20. The van der Waals surface area contributed by atoms with Gasteiger partial charge in [0.05, 0.1) is 18.1 Å². The predicted octanol–water partition coefficient (Wildman–Crippen LogP) is 4.16. The molecule has 8 nitrogen and oxygen atoms in total. The number of allylic oxidation sites excluding steroid dienone is 1. The van der Waals surface area contributed by atoms with Crippen molar-refractivity contribution in [2.24, 2.45) is 11.8 Å². The van der Waals surface area contributed by atoms with E-state index in [1.54, 1.807) is 9.80 Å². The maximum absolute atomic E-state index is 14.6. The van der Waals surface area contributed by atoms with E-state index in [0.29, 0.717) is 32.4 Å². The Kier molecular flexibility index (Phi) is 7.47. The van der Waals surface area contributed by atoms with Crippen molar-refractivity contribution in [1.82, 2.24) is 4.90 Å². The Balaban J connectivity index is 1.42. The van der Waals surface area contributed by atoms with Crippen LogP contribution in [0.4, 0.5) is 5.69 Å². The Morgan fingerprint density at radius 1 is 0.927 bits per heavy atom. The highest BCUT2D eigenvalue weighted by Gasteiger charge is 2.74. The number of hydrogen-bond donors (Lipinski definition) is 1. The fraction of sp³-hybridized carbons (Fsp3) is 0.485. The molecule has 2 aromatic carbocycles. The number of rotatable bonds is 7. The summed E-state index contributed by atoms with van der Waals surface area (Å²) in [6.45, 7) is 2.94. The van der Waals surface area contributed by atoms with E-state index >= 15 is 0 Å². The fourth-order valence-corrected chi connectivity index (χ4v) is 7.20. The third kappa shape index (κ3) is 4.67. The van der Waals surface area contributed by atoms with Crippen molar-refractivity contribution in [3.63, 3.8) is 0 Å². The molecule has 6 rings (SSSR count). The number of aliphatic hydroxyl groups is 1. The Bertz CT molecular complexity index is 1400. The molecule has 0 aromatic heterocycles. The summed E-state index contributed by atoms with van der Waals surface area (Å²) in [5, 5.41) is 11.3. The highest BCUT2D eigenvalue weighted by Crippen LogP contribution is 2.57. The van der Waals surface area contributed by atoms with E-state index in [4.69, 9.17) is 9.47 Å². The van der Waals surface area contributed by atoms with Gasteiger partial charge in [0.15, 0.2) is 0 Å². The zero-order chi connectivity index (χ0) is 28.6.